The van der Waals surface area contributed by atoms with E-state index in [1.165, 1.54) is 18.3 Å². The molecule has 2 heterocycles. The van der Waals surface area contributed by atoms with Crippen molar-refractivity contribution < 1.29 is 19.1 Å². The molecule has 2 aromatic heterocycles. The van der Waals surface area contributed by atoms with Gasteiger partial charge in [-0.15, -0.1) is 11.3 Å². The second kappa shape index (κ2) is 9.05. The Morgan fingerprint density at radius 3 is 2.47 bits per heavy atom. The first kappa shape index (κ1) is 21.5. The average Bonchev–Trinajstić information content (AvgIpc) is 3.32. The summed E-state index contributed by atoms with van der Waals surface area (Å²) < 4.78 is 5.36. The number of thiophene rings is 1. The number of aromatic nitrogens is 1. The molecule has 0 saturated heterocycles. The number of H-pyrrole nitrogens is 1. The largest absolute Gasteiger partial charge is 0.454 e. The van der Waals surface area contributed by atoms with E-state index in [0.717, 1.165) is 16.0 Å². The molecule has 1 aromatic carbocycles. The first-order valence-electron chi connectivity index (χ1n) is 9.50. The number of Topliss-reactive ketones (excluding diaryl/α,β-unsaturated/α-hetero) is 2. The predicted molar refractivity (Wildman–Crippen MR) is 119 cm³/mol. The third-order valence-corrected chi connectivity index (χ3v) is 5.67. The van der Waals surface area contributed by atoms with Gasteiger partial charge in [0.1, 0.15) is 0 Å². The summed E-state index contributed by atoms with van der Waals surface area (Å²) in [4.78, 5) is 41.0. The Balaban J connectivity index is 1.81. The van der Waals surface area contributed by atoms with Crippen LogP contribution in [0.1, 0.15) is 55.0 Å². The Hall–Kier alpha value is -3.25. The van der Waals surface area contributed by atoms with Gasteiger partial charge in [-0.25, -0.2) is 4.79 Å². The van der Waals surface area contributed by atoms with Crippen LogP contribution < -0.4 is 0 Å². The first-order chi connectivity index (χ1) is 14.3. The van der Waals surface area contributed by atoms with Gasteiger partial charge in [0.15, 0.2) is 12.4 Å². The van der Waals surface area contributed by atoms with Crippen LogP contribution in [-0.4, -0.2) is 29.1 Å². The van der Waals surface area contributed by atoms with Crippen molar-refractivity contribution in [3.8, 4) is 0 Å². The van der Waals surface area contributed by atoms with E-state index in [1.807, 2.05) is 48.7 Å². The Bertz CT molecular complexity index is 1140. The van der Waals surface area contributed by atoms with E-state index in [2.05, 4.69) is 4.98 Å². The molecular formula is C24H23NO4S. The lowest BCUT2D eigenvalue weighted by Gasteiger charge is -2.08. The molecule has 0 spiro atoms. The zero-order chi connectivity index (χ0) is 21.8. The summed E-state index contributed by atoms with van der Waals surface area (Å²) in [5, 5.41) is 1.88. The lowest BCUT2D eigenvalue weighted by atomic mass is 10.1. The SMILES string of the molecule is CC(=O)c1c(C)[nH]c(C(=O)COC(=O)/C(=C/c2cccc(C)c2)c2cccs2)c1C. The van der Waals surface area contributed by atoms with Crippen LogP contribution in [0.15, 0.2) is 41.8 Å². The van der Waals surface area contributed by atoms with Crippen LogP contribution in [0.2, 0.25) is 0 Å². The van der Waals surface area contributed by atoms with Crippen LogP contribution in [0.5, 0.6) is 0 Å². The smallest absolute Gasteiger partial charge is 0.340 e. The fourth-order valence-corrected chi connectivity index (χ4v) is 4.16. The van der Waals surface area contributed by atoms with E-state index in [1.54, 1.807) is 19.9 Å². The molecule has 0 atom stereocenters. The zero-order valence-electron chi connectivity index (χ0n) is 17.4. The van der Waals surface area contributed by atoms with E-state index in [4.69, 9.17) is 4.74 Å². The molecule has 0 aliphatic heterocycles. The highest BCUT2D eigenvalue weighted by atomic mass is 32.1. The number of esters is 1. The van der Waals surface area contributed by atoms with Crippen LogP contribution >= 0.6 is 11.3 Å². The van der Waals surface area contributed by atoms with E-state index >= 15 is 0 Å². The number of hydrogen-bond donors (Lipinski definition) is 1. The van der Waals surface area contributed by atoms with Gasteiger partial charge in [-0.3, -0.25) is 9.59 Å². The molecule has 3 rings (SSSR count). The van der Waals surface area contributed by atoms with E-state index in [-0.39, 0.29) is 11.6 Å². The van der Waals surface area contributed by atoms with Gasteiger partial charge in [-0.1, -0.05) is 35.9 Å². The first-order valence-corrected chi connectivity index (χ1v) is 10.4. The quantitative estimate of drug-likeness (QED) is 0.324. The maximum atomic E-state index is 12.8. The molecule has 5 nitrogen and oxygen atoms in total. The Kier molecular flexibility index (Phi) is 6.47. The van der Waals surface area contributed by atoms with Crippen molar-refractivity contribution in [1.82, 2.24) is 4.98 Å². The lowest BCUT2D eigenvalue weighted by molar-refractivity contribution is -0.135. The Morgan fingerprint density at radius 2 is 1.87 bits per heavy atom. The third-order valence-electron chi connectivity index (χ3n) is 4.76. The van der Waals surface area contributed by atoms with Crippen molar-refractivity contribution >= 4 is 40.5 Å². The van der Waals surface area contributed by atoms with Crippen LogP contribution in [0, 0.1) is 20.8 Å². The maximum absolute atomic E-state index is 12.8. The Morgan fingerprint density at radius 1 is 1.10 bits per heavy atom. The summed E-state index contributed by atoms with van der Waals surface area (Å²) in [5.74, 6) is -1.06. The van der Waals surface area contributed by atoms with Gasteiger partial charge in [0.2, 0.25) is 5.78 Å². The minimum atomic E-state index is -0.569. The number of aromatic amines is 1. The summed E-state index contributed by atoms with van der Waals surface area (Å²) in [7, 11) is 0. The number of ketones is 2. The molecule has 154 valence electrons. The molecule has 0 bridgehead atoms. The molecule has 30 heavy (non-hydrogen) atoms. The average molecular weight is 422 g/mol. The molecule has 0 saturated carbocycles. The minimum absolute atomic E-state index is 0.113. The van der Waals surface area contributed by atoms with Crippen molar-refractivity contribution in [2.75, 3.05) is 6.61 Å². The monoisotopic (exact) mass is 421 g/mol. The topological polar surface area (TPSA) is 76.2 Å². The summed E-state index contributed by atoms with van der Waals surface area (Å²) in [6.45, 7) is 6.49. The number of carbonyl (C=O) groups excluding carboxylic acids is 3. The van der Waals surface area contributed by atoms with E-state index < -0.39 is 12.6 Å². The van der Waals surface area contributed by atoms with Crippen molar-refractivity contribution in [3.63, 3.8) is 0 Å². The van der Waals surface area contributed by atoms with Gasteiger partial charge in [-0.2, -0.15) is 0 Å². The second-order valence-electron chi connectivity index (χ2n) is 7.13. The number of rotatable bonds is 7. The maximum Gasteiger partial charge on any atom is 0.340 e. The van der Waals surface area contributed by atoms with Gasteiger partial charge in [0, 0.05) is 16.1 Å². The van der Waals surface area contributed by atoms with Crippen LogP contribution in [0.25, 0.3) is 11.6 Å². The molecule has 0 fully saturated rings. The number of carbonyl (C=O) groups is 3. The Labute approximate surface area is 179 Å². The van der Waals surface area contributed by atoms with Gasteiger partial charge < -0.3 is 9.72 Å². The molecule has 0 aliphatic carbocycles. The number of ether oxygens (including phenoxy) is 1. The molecule has 0 amide bonds. The molecule has 3 aromatic rings. The van der Waals surface area contributed by atoms with Crippen LogP contribution in [0.3, 0.4) is 0 Å². The fourth-order valence-electron chi connectivity index (χ4n) is 3.43. The van der Waals surface area contributed by atoms with Crippen molar-refractivity contribution in [3.05, 3.63) is 80.3 Å². The second-order valence-corrected chi connectivity index (χ2v) is 8.08. The number of aryl methyl sites for hydroxylation is 2. The van der Waals surface area contributed by atoms with Crippen LogP contribution in [0.4, 0.5) is 0 Å². The van der Waals surface area contributed by atoms with Gasteiger partial charge >= 0.3 is 5.97 Å². The van der Waals surface area contributed by atoms with E-state index in [0.29, 0.717) is 28.1 Å². The highest BCUT2D eigenvalue weighted by molar-refractivity contribution is 7.11. The fraction of sp³-hybridized carbons (Fsp3) is 0.208. The molecule has 0 radical (unpaired) electrons. The lowest BCUT2D eigenvalue weighted by Crippen LogP contribution is -2.16. The molecule has 0 unspecified atom stereocenters. The summed E-state index contributed by atoms with van der Waals surface area (Å²) in [6.07, 6.45) is 1.77. The van der Waals surface area contributed by atoms with Crippen molar-refractivity contribution in [2.24, 2.45) is 0 Å². The summed E-state index contributed by atoms with van der Waals surface area (Å²) >= 11 is 1.43. The number of hydrogen-bond acceptors (Lipinski definition) is 5. The van der Waals surface area contributed by atoms with Crippen molar-refractivity contribution in [2.45, 2.75) is 27.7 Å². The highest BCUT2D eigenvalue weighted by Gasteiger charge is 2.22. The molecule has 0 aliphatic rings. The standard InChI is InChI=1S/C24H23NO4S/c1-14-7-5-8-18(11-14)12-19(21-9-6-10-30-21)24(28)29-13-20(27)23-15(2)22(17(4)26)16(3)25-23/h5-12,25H,13H2,1-4H3/b19-12+. The van der Waals surface area contributed by atoms with Crippen LogP contribution in [-0.2, 0) is 9.53 Å². The third kappa shape index (κ3) is 4.66. The molecule has 6 heteroatoms. The zero-order valence-corrected chi connectivity index (χ0v) is 18.2. The van der Waals surface area contributed by atoms with Gasteiger partial charge in [0.05, 0.1) is 11.3 Å². The van der Waals surface area contributed by atoms with Gasteiger partial charge in [-0.05, 0) is 56.3 Å². The van der Waals surface area contributed by atoms with E-state index in [9.17, 15) is 14.4 Å². The highest BCUT2D eigenvalue weighted by Crippen LogP contribution is 2.25. The molecular weight excluding hydrogens is 398 g/mol. The van der Waals surface area contributed by atoms with Crippen molar-refractivity contribution in [1.29, 1.82) is 0 Å². The summed E-state index contributed by atoms with van der Waals surface area (Å²) in [6, 6.07) is 11.5. The predicted octanol–water partition coefficient (Wildman–Crippen LogP) is 5.17. The summed E-state index contributed by atoms with van der Waals surface area (Å²) in [5.41, 5.74) is 4.37. The minimum Gasteiger partial charge on any atom is -0.454 e. The number of benzene rings is 1. The molecule has 1 N–H and O–H groups in total. The van der Waals surface area contributed by atoms with Gasteiger partial charge in [0.25, 0.3) is 0 Å². The normalized spacial score (nSPS) is 11.4. The number of nitrogens with one attached hydrogen (secondary N) is 1.